The van der Waals surface area contributed by atoms with E-state index in [9.17, 15) is 4.79 Å². The fraction of sp³-hybridized carbons (Fsp3) is 0.500. The molecule has 0 unspecified atom stereocenters. The third-order valence-corrected chi connectivity index (χ3v) is 2.67. The number of aromatic amines is 1. The van der Waals surface area contributed by atoms with Crippen LogP contribution in [0.25, 0.3) is 0 Å². The molecular weight excluding hydrogens is 240 g/mol. The second-order valence-corrected chi connectivity index (χ2v) is 5.94. The average Bonchev–Trinajstić information content (AvgIpc) is 2.06. The maximum atomic E-state index is 10.8. The van der Waals surface area contributed by atoms with Crippen molar-refractivity contribution in [3.05, 3.63) is 20.2 Å². The van der Waals surface area contributed by atoms with Gasteiger partial charge in [-0.1, -0.05) is 46.1 Å². The van der Waals surface area contributed by atoms with Crippen LogP contribution in [0.2, 0.25) is 0 Å². The van der Waals surface area contributed by atoms with Crippen LogP contribution in [0, 0.1) is 6.92 Å². The van der Waals surface area contributed by atoms with Gasteiger partial charge in [0.25, 0.3) is 0 Å². The second kappa shape index (κ2) is 3.58. The van der Waals surface area contributed by atoms with Gasteiger partial charge in [0.1, 0.15) is 0 Å². The first-order valence-corrected chi connectivity index (χ1v) is 5.09. The lowest BCUT2D eigenvalue weighted by Crippen LogP contribution is -2.06. The quantitative estimate of drug-likeness (QED) is 0.759. The van der Waals surface area contributed by atoms with E-state index < -0.39 is 3.79 Å². The fourth-order valence-electron chi connectivity index (χ4n) is 0.787. The summed E-state index contributed by atoms with van der Waals surface area (Å²) in [5, 5.41) is 0. The molecule has 0 atom stereocenters. The van der Waals surface area contributed by atoms with Crippen molar-refractivity contribution in [2.75, 3.05) is 0 Å². The molecule has 0 radical (unpaired) electrons. The number of H-pyrrole nitrogens is 1. The van der Waals surface area contributed by atoms with Gasteiger partial charge in [0.05, 0.1) is 0 Å². The minimum atomic E-state index is -1.32. The minimum Gasteiger partial charge on any atom is -0.317 e. The first-order chi connectivity index (χ1) is 5.38. The normalized spacial score (nSPS) is 12.0. The Hall–Kier alpha value is 0.300. The van der Waals surface area contributed by atoms with Crippen LogP contribution in [-0.4, -0.2) is 8.78 Å². The van der Waals surface area contributed by atoms with E-state index in [1.54, 1.807) is 6.92 Å². The number of alkyl halides is 3. The molecule has 1 N–H and O–H groups in total. The molecule has 0 aromatic carbocycles. The maximum Gasteiger partial charge on any atom is 0.304 e. The number of hydrogen-bond acceptors (Lipinski definition) is 2. The van der Waals surface area contributed by atoms with Gasteiger partial charge < -0.3 is 4.98 Å². The maximum absolute atomic E-state index is 10.8. The highest BCUT2D eigenvalue weighted by Crippen LogP contribution is 2.31. The third kappa shape index (κ3) is 2.98. The van der Waals surface area contributed by atoms with E-state index >= 15 is 0 Å². The Morgan fingerprint density at radius 2 is 2.08 bits per heavy atom. The molecule has 0 aliphatic carbocycles. The van der Waals surface area contributed by atoms with E-state index in [-0.39, 0.29) is 11.3 Å². The molecule has 0 spiro atoms. The summed E-state index contributed by atoms with van der Waals surface area (Å²) in [6.45, 7) is 1.78. The molecule has 6 heteroatoms. The number of rotatable bonds is 1. The van der Waals surface area contributed by atoms with Crippen molar-refractivity contribution in [1.82, 2.24) is 4.98 Å². The summed E-state index contributed by atoms with van der Waals surface area (Å²) >= 11 is 17.8. The summed E-state index contributed by atoms with van der Waals surface area (Å²) in [7, 11) is 0. The Kier molecular flexibility index (Phi) is 3.10. The zero-order chi connectivity index (χ0) is 9.35. The zero-order valence-electron chi connectivity index (χ0n) is 6.16. The smallest absolute Gasteiger partial charge is 0.304 e. The number of aromatic nitrogens is 1. The molecule has 0 saturated carbocycles. The van der Waals surface area contributed by atoms with Crippen molar-refractivity contribution in [3.63, 3.8) is 0 Å². The van der Waals surface area contributed by atoms with Crippen LogP contribution >= 0.6 is 46.1 Å². The van der Waals surface area contributed by atoms with Crippen LogP contribution in [0.5, 0.6) is 0 Å². The highest BCUT2D eigenvalue weighted by atomic mass is 35.6. The molecule has 1 aromatic rings. The summed E-state index contributed by atoms with van der Waals surface area (Å²) < 4.78 is -1.32. The standard InChI is InChI=1S/C6H6Cl3NOS/c1-3-4(2-6(7,8)9)12-5(11)10-3/h2H2,1H3,(H,10,11). The Labute approximate surface area is 88.5 Å². The van der Waals surface area contributed by atoms with E-state index in [4.69, 9.17) is 34.8 Å². The third-order valence-electron chi connectivity index (χ3n) is 1.28. The van der Waals surface area contributed by atoms with Gasteiger partial charge >= 0.3 is 4.87 Å². The Morgan fingerprint density at radius 1 is 1.50 bits per heavy atom. The Balaban J connectivity index is 2.90. The number of thiazole rings is 1. The van der Waals surface area contributed by atoms with Crippen molar-refractivity contribution in [1.29, 1.82) is 0 Å². The molecule has 1 aromatic heterocycles. The first-order valence-electron chi connectivity index (χ1n) is 3.14. The summed E-state index contributed by atoms with van der Waals surface area (Å²) in [4.78, 5) is 14.1. The molecule has 2 nitrogen and oxygen atoms in total. The van der Waals surface area contributed by atoms with Gasteiger partial charge in [-0.25, -0.2) is 0 Å². The topological polar surface area (TPSA) is 32.9 Å². The number of nitrogens with one attached hydrogen (secondary N) is 1. The van der Waals surface area contributed by atoms with Gasteiger partial charge in [0.2, 0.25) is 0 Å². The summed E-state index contributed by atoms with van der Waals surface area (Å²) in [5.74, 6) is 0. The largest absolute Gasteiger partial charge is 0.317 e. The lowest BCUT2D eigenvalue weighted by molar-refractivity contribution is 1.01. The number of hydrogen-bond donors (Lipinski definition) is 1. The summed E-state index contributed by atoms with van der Waals surface area (Å²) in [6.07, 6.45) is 0.271. The van der Waals surface area contributed by atoms with E-state index in [2.05, 4.69) is 4.98 Å². The molecule has 1 rings (SSSR count). The van der Waals surface area contributed by atoms with E-state index in [0.29, 0.717) is 0 Å². The molecule has 0 bridgehead atoms. The van der Waals surface area contributed by atoms with Crippen LogP contribution in [0.1, 0.15) is 10.6 Å². The van der Waals surface area contributed by atoms with Gasteiger partial charge in [-0.3, -0.25) is 4.79 Å². The summed E-state index contributed by atoms with van der Waals surface area (Å²) in [6, 6.07) is 0. The lowest BCUT2D eigenvalue weighted by atomic mass is 10.3. The highest BCUT2D eigenvalue weighted by Gasteiger charge is 2.22. The van der Waals surface area contributed by atoms with Gasteiger partial charge in [-0.2, -0.15) is 0 Å². The molecule has 12 heavy (non-hydrogen) atoms. The molecule has 0 saturated heterocycles. The summed E-state index contributed by atoms with van der Waals surface area (Å²) in [5.41, 5.74) is 0.774. The van der Waals surface area contributed by atoms with Gasteiger partial charge in [0, 0.05) is 17.0 Å². The van der Waals surface area contributed by atoms with Gasteiger partial charge in [-0.05, 0) is 6.92 Å². The van der Waals surface area contributed by atoms with Crippen LogP contribution < -0.4 is 4.87 Å². The predicted octanol–water partition coefficient (Wildman–Crippen LogP) is 2.66. The average molecular weight is 247 g/mol. The lowest BCUT2D eigenvalue weighted by Gasteiger charge is -2.08. The molecular formula is C6H6Cl3NOS. The van der Waals surface area contributed by atoms with Crippen molar-refractivity contribution in [2.24, 2.45) is 0 Å². The van der Waals surface area contributed by atoms with E-state index in [0.717, 1.165) is 21.9 Å². The van der Waals surface area contributed by atoms with Crippen LogP contribution in [0.4, 0.5) is 0 Å². The molecule has 68 valence electrons. The molecule has 0 aliphatic heterocycles. The Morgan fingerprint density at radius 3 is 2.42 bits per heavy atom. The highest BCUT2D eigenvalue weighted by molar-refractivity contribution is 7.09. The Bertz CT molecular complexity index is 324. The fourth-order valence-corrected chi connectivity index (χ4v) is 2.35. The van der Waals surface area contributed by atoms with Gasteiger partial charge in [0.15, 0.2) is 3.79 Å². The molecule has 0 fully saturated rings. The molecule has 1 heterocycles. The van der Waals surface area contributed by atoms with Crippen LogP contribution in [-0.2, 0) is 6.42 Å². The second-order valence-electron chi connectivity index (χ2n) is 2.35. The van der Waals surface area contributed by atoms with E-state index in [1.165, 1.54) is 0 Å². The zero-order valence-corrected chi connectivity index (χ0v) is 9.24. The van der Waals surface area contributed by atoms with Crippen LogP contribution in [0.15, 0.2) is 4.79 Å². The monoisotopic (exact) mass is 245 g/mol. The molecule has 0 aliphatic rings. The van der Waals surface area contributed by atoms with Gasteiger partial charge in [-0.15, -0.1) is 0 Å². The van der Waals surface area contributed by atoms with E-state index in [1.807, 2.05) is 0 Å². The van der Waals surface area contributed by atoms with Crippen molar-refractivity contribution in [2.45, 2.75) is 17.1 Å². The number of aryl methyl sites for hydroxylation is 1. The SMILES string of the molecule is Cc1[nH]c(=O)sc1CC(Cl)(Cl)Cl. The molecule has 0 amide bonds. The van der Waals surface area contributed by atoms with Crippen molar-refractivity contribution < 1.29 is 0 Å². The van der Waals surface area contributed by atoms with Crippen molar-refractivity contribution in [3.8, 4) is 0 Å². The number of halogens is 3. The minimum absolute atomic E-state index is 0.114. The predicted molar refractivity (Wildman–Crippen MR) is 53.7 cm³/mol. The van der Waals surface area contributed by atoms with Crippen LogP contribution in [0.3, 0.4) is 0 Å². The van der Waals surface area contributed by atoms with Crippen molar-refractivity contribution >= 4 is 46.1 Å². The first kappa shape index (κ1) is 10.4.